The summed E-state index contributed by atoms with van der Waals surface area (Å²) >= 11 is 0. The minimum absolute atomic E-state index is 0.0849. The number of benzene rings is 6. The fourth-order valence-corrected chi connectivity index (χ4v) is 5.65. The van der Waals surface area contributed by atoms with Gasteiger partial charge < -0.3 is 23.4 Å². The molecule has 0 aliphatic heterocycles. The van der Waals surface area contributed by atoms with Gasteiger partial charge in [-0.25, -0.2) is 0 Å². The minimum Gasteiger partial charge on any atom is -0.488 e. The van der Waals surface area contributed by atoms with Gasteiger partial charge in [0.25, 0.3) is 0 Å². The van der Waals surface area contributed by atoms with Gasteiger partial charge in [0, 0.05) is 5.56 Å². The number of fused-ring (bicyclic) bond motifs is 1. The topological polar surface area (TPSA) is 67.1 Å². The highest BCUT2D eigenvalue weighted by Crippen LogP contribution is 2.39. The molecule has 50 heavy (non-hydrogen) atoms. The Labute approximate surface area is 291 Å². The maximum absolute atomic E-state index is 14.5. The molecule has 0 fully saturated rings. The monoisotopic (exact) mass is 660 g/mol. The van der Waals surface area contributed by atoms with Gasteiger partial charge in [-0.2, -0.15) is 0 Å². The fraction of sp³-hybridized carbons (Fsp3) is 0.114. The summed E-state index contributed by atoms with van der Waals surface area (Å²) in [4.78, 5) is 14.5. The van der Waals surface area contributed by atoms with Crippen LogP contribution in [0.4, 0.5) is 0 Å². The van der Waals surface area contributed by atoms with Crippen LogP contribution in [0.2, 0.25) is 0 Å². The average molecular weight is 661 g/mol. The van der Waals surface area contributed by atoms with Crippen LogP contribution in [-0.4, -0.2) is 0 Å². The van der Waals surface area contributed by atoms with E-state index in [1.165, 1.54) is 0 Å². The van der Waals surface area contributed by atoms with Crippen LogP contribution in [0.15, 0.2) is 161 Å². The zero-order chi connectivity index (χ0) is 34.1. The van der Waals surface area contributed by atoms with Crippen molar-refractivity contribution in [1.82, 2.24) is 0 Å². The van der Waals surface area contributed by atoms with Gasteiger partial charge in [-0.05, 0) is 65.1 Å². The zero-order valence-electron chi connectivity index (χ0n) is 27.7. The molecule has 7 rings (SSSR count). The van der Waals surface area contributed by atoms with E-state index in [4.69, 9.17) is 23.4 Å². The molecule has 6 aromatic carbocycles. The van der Waals surface area contributed by atoms with E-state index in [2.05, 4.69) is 0 Å². The van der Waals surface area contributed by atoms with Crippen molar-refractivity contribution in [3.05, 3.63) is 190 Å². The molecule has 6 nitrogen and oxygen atoms in total. The third-order valence-corrected chi connectivity index (χ3v) is 8.21. The predicted octanol–water partition coefficient (Wildman–Crippen LogP) is 10.1. The Kier molecular flexibility index (Phi) is 9.88. The van der Waals surface area contributed by atoms with E-state index < -0.39 is 0 Å². The van der Waals surface area contributed by atoms with Crippen molar-refractivity contribution in [2.75, 3.05) is 0 Å². The summed E-state index contributed by atoms with van der Waals surface area (Å²) in [6, 6.07) is 48.7. The van der Waals surface area contributed by atoms with E-state index in [0.717, 1.165) is 27.8 Å². The second kappa shape index (κ2) is 15.3. The molecule has 0 aliphatic carbocycles. The summed E-state index contributed by atoms with van der Waals surface area (Å²) < 4.78 is 31.8. The first-order chi connectivity index (χ1) is 24.6. The SMILES string of the molecule is Cc1cc(OCc2ccccc2)c2c(=O)c(OCc3ccccc3)c(-c3ccc(OCc4ccccc4)c(OCc4ccccc4)c3)oc2c1. The van der Waals surface area contributed by atoms with E-state index in [9.17, 15) is 4.79 Å². The third kappa shape index (κ3) is 7.71. The molecule has 0 bridgehead atoms. The molecule has 0 saturated heterocycles. The lowest BCUT2D eigenvalue weighted by Crippen LogP contribution is -2.12. The Morgan fingerprint density at radius 3 is 1.46 bits per heavy atom. The maximum Gasteiger partial charge on any atom is 0.239 e. The molecule has 1 heterocycles. The molecule has 0 aliphatic rings. The van der Waals surface area contributed by atoms with Crippen molar-refractivity contribution in [2.45, 2.75) is 33.4 Å². The number of hydrogen-bond acceptors (Lipinski definition) is 6. The second-order valence-corrected chi connectivity index (χ2v) is 12.0. The van der Waals surface area contributed by atoms with Gasteiger partial charge in [-0.1, -0.05) is 121 Å². The Bertz CT molecular complexity index is 2230. The van der Waals surface area contributed by atoms with Gasteiger partial charge in [0.15, 0.2) is 17.3 Å². The number of rotatable bonds is 13. The van der Waals surface area contributed by atoms with Crippen LogP contribution in [0.5, 0.6) is 23.0 Å². The van der Waals surface area contributed by atoms with Gasteiger partial charge >= 0.3 is 0 Å². The van der Waals surface area contributed by atoms with Crippen molar-refractivity contribution in [1.29, 1.82) is 0 Å². The molecule has 0 N–H and O–H groups in total. The molecule has 248 valence electrons. The lowest BCUT2D eigenvalue weighted by Gasteiger charge is -2.17. The van der Waals surface area contributed by atoms with Crippen LogP contribution in [0.25, 0.3) is 22.3 Å². The summed E-state index contributed by atoms with van der Waals surface area (Å²) in [6.07, 6.45) is 0. The molecule has 7 aromatic rings. The summed E-state index contributed by atoms with van der Waals surface area (Å²) in [5, 5.41) is 0.321. The standard InChI is InChI=1S/C44H36O6/c1-31-24-39(48-29-34-18-10-4-11-19-34)41-40(25-31)50-43(44(42(41)45)49-30-35-20-12-5-13-21-35)36-22-23-37(46-27-32-14-6-2-7-15-32)38(26-36)47-28-33-16-8-3-9-17-33/h2-26H,27-30H2,1H3. The van der Waals surface area contributed by atoms with Gasteiger partial charge in [-0.15, -0.1) is 0 Å². The van der Waals surface area contributed by atoms with Crippen molar-refractivity contribution >= 4 is 11.0 Å². The quantitative estimate of drug-likeness (QED) is 0.123. The number of hydrogen-bond donors (Lipinski definition) is 0. The second-order valence-electron chi connectivity index (χ2n) is 12.0. The summed E-state index contributed by atoms with van der Waals surface area (Å²) in [7, 11) is 0. The minimum atomic E-state index is -0.323. The highest BCUT2D eigenvalue weighted by molar-refractivity contribution is 5.88. The molecular formula is C44H36O6. The third-order valence-electron chi connectivity index (χ3n) is 8.21. The van der Waals surface area contributed by atoms with Crippen molar-refractivity contribution < 1.29 is 23.4 Å². The van der Waals surface area contributed by atoms with Gasteiger partial charge in [0.05, 0.1) is 0 Å². The predicted molar refractivity (Wildman–Crippen MR) is 196 cm³/mol. The molecule has 0 atom stereocenters. The normalized spacial score (nSPS) is 10.9. The Morgan fingerprint density at radius 2 is 0.940 bits per heavy atom. The smallest absolute Gasteiger partial charge is 0.239 e. The maximum atomic E-state index is 14.5. The summed E-state index contributed by atoms with van der Waals surface area (Å²) in [5.74, 6) is 1.88. The Hall–Kier alpha value is -6.27. The average Bonchev–Trinajstić information content (AvgIpc) is 3.16. The summed E-state index contributed by atoms with van der Waals surface area (Å²) in [6.45, 7) is 3.11. The lowest BCUT2D eigenvalue weighted by molar-refractivity contribution is 0.256. The molecule has 6 heteroatoms. The van der Waals surface area contributed by atoms with E-state index in [1.807, 2.05) is 159 Å². The molecule has 0 amide bonds. The molecule has 0 saturated carbocycles. The molecule has 0 spiro atoms. The van der Waals surface area contributed by atoms with Gasteiger partial charge in [0.2, 0.25) is 11.2 Å². The zero-order valence-corrected chi connectivity index (χ0v) is 27.7. The van der Waals surface area contributed by atoms with E-state index in [1.54, 1.807) is 0 Å². The largest absolute Gasteiger partial charge is 0.488 e. The molecule has 0 unspecified atom stereocenters. The first kappa shape index (κ1) is 32.3. The molecular weight excluding hydrogens is 624 g/mol. The van der Waals surface area contributed by atoms with Crippen LogP contribution < -0.4 is 24.4 Å². The fourth-order valence-electron chi connectivity index (χ4n) is 5.65. The summed E-state index contributed by atoms with van der Waals surface area (Å²) in [5.41, 5.74) is 5.52. The van der Waals surface area contributed by atoms with Crippen LogP contribution in [0, 0.1) is 6.92 Å². The van der Waals surface area contributed by atoms with Crippen LogP contribution in [0.3, 0.4) is 0 Å². The van der Waals surface area contributed by atoms with E-state index >= 15 is 0 Å². The molecule has 1 aromatic heterocycles. The van der Waals surface area contributed by atoms with Crippen molar-refractivity contribution in [2.24, 2.45) is 0 Å². The van der Waals surface area contributed by atoms with E-state index in [-0.39, 0.29) is 23.5 Å². The highest BCUT2D eigenvalue weighted by Gasteiger charge is 2.23. The van der Waals surface area contributed by atoms with Crippen molar-refractivity contribution in [3.63, 3.8) is 0 Å². The van der Waals surface area contributed by atoms with Crippen LogP contribution >= 0.6 is 0 Å². The van der Waals surface area contributed by atoms with E-state index in [0.29, 0.717) is 53.6 Å². The lowest BCUT2D eigenvalue weighted by atomic mass is 10.1. The Morgan fingerprint density at radius 1 is 0.480 bits per heavy atom. The Balaban J connectivity index is 1.31. The number of aryl methyl sites for hydroxylation is 1. The van der Waals surface area contributed by atoms with Gasteiger partial charge in [-0.3, -0.25) is 4.79 Å². The molecule has 0 radical (unpaired) electrons. The number of ether oxygens (including phenoxy) is 4. The van der Waals surface area contributed by atoms with Crippen LogP contribution in [0.1, 0.15) is 27.8 Å². The highest BCUT2D eigenvalue weighted by atomic mass is 16.5. The first-order valence-electron chi connectivity index (χ1n) is 16.5. The van der Waals surface area contributed by atoms with Gasteiger partial charge in [0.1, 0.15) is 43.1 Å². The van der Waals surface area contributed by atoms with Crippen LogP contribution in [-0.2, 0) is 26.4 Å². The first-order valence-corrected chi connectivity index (χ1v) is 16.5. The van der Waals surface area contributed by atoms with Crippen molar-refractivity contribution in [3.8, 4) is 34.3 Å².